The van der Waals surface area contributed by atoms with Gasteiger partial charge in [-0.25, -0.2) is 13.6 Å². The Morgan fingerprint density at radius 2 is 1.78 bits per heavy atom. The van der Waals surface area contributed by atoms with Crippen molar-refractivity contribution >= 4 is 23.7 Å². The van der Waals surface area contributed by atoms with Gasteiger partial charge in [0.1, 0.15) is 17.2 Å². The van der Waals surface area contributed by atoms with Crippen LogP contribution in [0, 0.1) is 22.5 Å². The fourth-order valence-corrected chi connectivity index (χ4v) is 6.79. The number of carbonyl (C=O) groups is 3. The number of aromatic nitrogens is 1. The molecule has 2 aromatic rings. The van der Waals surface area contributed by atoms with E-state index in [1.54, 1.807) is 16.4 Å². The van der Waals surface area contributed by atoms with E-state index in [1.807, 2.05) is 34.6 Å². The zero-order valence-electron chi connectivity index (χ0n) is 30.0. The largest absolute Gasteiger partial charge is 0.514 e. The van der Waals surface area contributed by atoms with Crippen LogP contribution in [0.15, 0.2) is 29.2 Å². The summed E-state index contributed by atoms with van der Waals surface area (Å²) < 4.78 is 40.1. The van der Waals surface area contributed by atoms with E-state index in [1.165, 1.54) is 12.3 Å². The van der Waals surface area contributed by atoms with Crippen LogP contribution in [0.2, 0.25) is 0 Å². The maximum Gasteiger partial charge on any atom is 0.514 e. The van der Waals surface area contributed by atoms with Gasteiger partial charge in [-0.3, -0.25) is 14.4 Å². The molecule has 2 bridgehead atoms. The van der Waals surface area contributed by atoms with Crippen molar-refractivity contribution in [2.24, 2.45) is 5.41 Å². The third-order valence-electron chi connectivity index (χ3n) is 9.84. The molecule has 3 heterocycles. The summed E-state index contributed by atoms with van der Waals surface area (Å²) in [6, 6.07) is 2.72. The quantitative estimate of drug-likeness (QED) is 0.125. The number of amides is 2. The van der Waals surface area contributed by atoms with Gasteiger partial charge in [0.05, 0.1) is 12.1 Å². The Hall–Kier alpha value is -4.09. The van der Waals surface area contributed by atoms with Gasteiger partial charge in [-0.2, -0.15) is 0 Å². The number of pyridine rings is 1. The van der Waals surface area contributed by atoms with E-state index in [0.29, 0.717) is 37.5 Å². The molecule has 0 spiro atoms. The van der Waals surface area contributed by atoms with Crippen LogP contribution in [-0.2, 0) is 16.8 Å². The van der Waals surface area contributed by atoms with Gasteiger partial charge < -0.3 is 29.7 Å². The summed E-state index contributed by atoms with van der Waals surface area (Å²) in [4.78, 5) is 56.2. The van der Waals surface area contributed by atoms with Crippen LogP contribution in [0.1, 0.15) is 134 Å². The highest BCUT2D eigenvalue weighted by Gasteiger charge is 2.55. The highest BCUT2D eigenvalue weighted by Crippen LogP contribution is 2.51. The predicted molar refractivity (Wildman–Crippen MR) is 187 cm³/mol. The second-order valence-electron chi connectivity index (χ2n) is 13.4. The van der Waals surface area contributed by atoms with Gasteiger partial charge in [0, 0.05) is 44.1 Å². The number of benzene rings is 1. The topological polar surface area (TPSA) is 131 Å². The van der Waals surface area contributed by atoms with Crippen molar-refractivity contribution in [3.05, 3.63) is 63.1 Å². The number of ether oxygens (including phenoxy) is 2. The van der Waals surface area contributed by atoms with Crippen molar-refractivity contribution in [3.63, 3.8) is 0 Å². The number of fused-ring (bicyclic) bond motifs is 4. The molecule has 272 valence electrons. The molecule has 2 N–H and O–H groups in total. The fourth-order valence-electron chi connectivity index (χ4n) is 6.79. The molecular formula is C37H54F2N4O6. The first-order valence-electron chi connectivity index (χ1n) is 17.4. The van der Waals surface area contributed by atoms with Gasteiger partial charge in [-0.05, 0) is 57.9 Å². The van der Waals surface area contributed by atoms with E-state index in [0.717, 1.165) is 38.2 Å². The van der Waals surface area contributed by atoms with Crippen molar-refractivity contribution in [1.29, 1.82) is 5.41 Å². The molecule has 2 aliphatic heterocycles. The lowest BCUT2D eigenvalue weighted by molar-refractivity contribution is 0.0221. The summed E-state index contributed by atoms with van der Waals surface area (Å²) in [5.41, 5.74) is -2.71. The maximum atomic E-state index is 14.3. The molecule has 1 fully saturated rings. The molecule has 3 atom stereocenters. The van der Waals surface area contributed by atoms with Gasteiger partial charge in [-0.15, -0.1) is 0 Å². The molecule has 0 radical (unpaired) electrons. The molecule has 49 heavy (non-hydrogen) atoms. The highest BCUT2D eigenvalue weighted by molar-refractivity contribution is 6.00. The molecule has 0 saturated carbocycles. The number of carbonyl (C=O) groups excluding carboxylic acids is 3. The average molecular weight is 689 g/mol. The van der Waals surface area contributed by atoms with Crippen molar-refractivity contribution in [1.82, 2.24) is 14.8 Å². The number of rotatable bonds is 13. The van der Waals surface area contributed by atoms with Crippen LogP contribution in [0.25, 0.3) is 0 Å². The number of unbranched alkanes of at least 4 members (excludes halogenated alkanes) is 5. The SMILES string of the molecule is CC.CCCCCCCCOC(=O)Oc1c2n(cc(C(=O)NCc3ccc(F)cc3F)c1=O)[C@]1(C)CN(C2=O)[C@@H](C)CC[C@]1(C)CC(C)=N.[HH]. The number of halogens is 2. The van der Waals surface area contributed by atoms with Crippen LogP contribution in [0.3, 0.4) is 0 Å². The zero-order chi connectivity index (χ0) is 36.5. The zero-order valence-corrected chi connectivity index (χ0v) is 30.0. The van der Waals surface area contributed by atoms with Crippen molar-refractivity contribution < 1.29 is 34.1 Å². The van der Waals surface area contributed by atoms with E-state index < -0.39 is 57.3 Å². The molecule has 4 rings (SSSR count). The molecule has 1 saturated heterocycles. The maximum absolute atomic E-state index is 14.3. The molecule has 12 heteroatoms. The summed E-state index contributed by atoms with van der Waals surface area (Å²) in [6.45, 7) is 13.6. The summed E-state index contributed by atoms with van der Waals surface area (Å²) in [7, 11) is 0. The molecule has 2 amide bonds. The van der Waals surface area contributed by atoms with Crippen LogP contribution < -0.4 is 15.5 Å². The Labute approximate surface area is 289 Å². The molecule has 10 nitrogen and oxygen atoms in total. The Morgan fingerprint density at radius 3 is 2.43 bits per heavy atom. The monoisotopic (exact) mass is 688 g/mol. The minimum Gasteiger partial charge on any atom is -0.434 e. The Balaban J connectivity index is 0.00000284. The fraction of sp³-hybridized carbons (Fsp3) is 0.595. The van der Waals surface area contributed by atoms with Gasteiger partial charge in [-0.1, -0.05) is 65.9 Å². The second kappa shape index (κ2) is 17.0. The Morgan fingerprint density at radius 1 is 1.10 bits per heavy atom. The Bertz CT molecular complexity index is 1600. The predicted octanol–water partition coefficient (Wildman–Crippen LogP) is 7.99. The van der Waals surface area contributed by atoms with Crippen LogP contribution in [0.5, 0.6) is 5.75 Å². The number of nitrogens with zero attached hydrogens (tertiary/aromatic N) is 2. The first kappa shape index (κ1) is 39.3. The van der Waals surface area contributed by atoms with Crippen molar-refractivity contribution in [3.8, 4) is 5.75 Å². The Kier molecular flexibility index (Phi) is 13.7. The summed E-state index contributed by atoms with van der Waals surface area (Å²) in [6.07, 6.45) is 7.54. The smallest absolute Gasteiger partial charge is 0.434 e. The molecule has 1 aromatic heterocycles. The highest BCUT2D eigenvalue weighted by atomic mass is 19.1. The number of hydrogen-bond donors (Lipinski definition) is 2. The minimum atomic E-state index is -1.17. The van der Waals surface area contributed by atoms with E-state index >= 15 is 0 Å². The van der Waals surface area contributed by atoms with Gasteiger partial charge in [0.25, 0.3) is 11.8 Å². The minimum absolute atomic E-state index is 0. The lowest BCUT2D eigenvalue weighted by Crippen LogP contribution is -2.60. The summed E-state index contributed by atoms with van der Waals surface area (Å²) in [5.74, 6) is -3.69. The third-order valence-corrected chi connectivity index (χ3v) is 9.84. The van der Waals surface area contributed by atoms with Crippen molar-refractivity contribution in [2.45, 2.75) is 124 Å². The van der Waals surface area contributed by atoms with Crippen LogP contribution in [0.4, 0.5) is 13.6 Å². The van der Waals surface area contributed by atoms with Crippen molar-refractivity contribution in [2.75, 3.05) is 13.2 Å². The van der Waals surface area contributed by atoms with Gasteiger partial charge in [0.15, 0.2) is 5.69 Å². The summed E-state index contributed by atoms with van der Waals surface area (Å²) >= 11 is 0. The van der Waals surface area contributed by atoms with Gasteiger partial charge in [0.2, 0.25) is 11.2 Å². The molecule has 0 aliphatic carbocycles. The number of nitrogens with one attached hydrogen (secondary N) is 2. The third kappa shape index (κ3) is 8.75. The lowest BCUT2D eigenvalue weighted by atomic mass is 9.65. The normalized spacial score (nSPS) is 21.1. The molecule has 1 aromatic carbocycles. The van der Waals surface area contributed by atoms with E-state index in [4.69, 9.17) is 14.9 Å². The standard InChI is InChI=1S/C35H46F2N4O6.C2H6.H2/c1-6-7-8-9-10-11-16-46-33(45)47-30-28-32(44)40-21-35(5,34(4,18-22(2)38)15-14-23(40)3)41(28)20-26(29(30)42)31(43)39-19-24-12-13-25(36)17-27(24)37;1-2;/h12-13,17,20,23,38H,6-11,14-16,18-19,21H2,1-5H3,(H,39,43);1-2H3;1H/t23-,34+,35+;;/m0../s1. The van der Waals surface area contributed by atoms with Crippen LogP contribution >= 0.6 is 0 Å². The van der Waals surface area contributed by atoms with Gasteiger partial charge >= 0.3 is 6.16 Å². The molecule has 0 unspecified atom stereocenters. The summed E-state index contributed by atoms with van der Waals surface area (Å²) in [5, 5.41) is 10.9. The first-order valence-corrected chi connectivity index (χ1v) is 17.4. The molecular weight excluding hydrogens is 634 g/mol. The lowest BCUT2D eigenvalue weighted by Gasteiger charge is -2.52. The van der Waals surface area contributed by atoms with Crippen LogP contribution in [-0.4, -0.2) is 52.3 Å². The average Bonchev–Trinajstić information content (AvgIpc) is 3.13. The van der Waals surface area contributed by atoms with E-state index in [-0.39, 0.29) is 38.4 Å². The van der Waals surface area contributed by atoms with E-state index in [9.17, 15) is 28.0 Å². The first-order chi connectivity index (χ1) is 23.2. The number of hydrogen-bond acceptors (Lipinski definition) is 7. The molecule has 2 aliphatic rings. The second-order valence-corrected chi connectivity index (χ2v) is 13.4. The van der Waals surface area contributed by atoms with E-state index in [2.05, 4.69) is 12.2 Å².